The highest BCUT2D eigenvalue weighted by Crippen LogP contribution is 2.45. The number of rotatable bonds is 1. The van der Waals surface area contributed by atoms with Crippen LogP contribution in [0.2, 0.25) is 0 Å². The Kier molecular flexibility index (Phi) is 2.54. The SMILES string of the molecule is [C-]#[N+]C1(c2ccc(C(C)(C)C)cc2)CCC1. The van der Waals surface area contributed by atoms with Crippen LogP contribution in [0.4, 0.5) is 0 Å². The van der Waals surface area contributed by atoms with Gasteiger partial charge in [0.15, 0.2) is 0 Å². The van der Waals surface area contributed by atoms with Crippen molar-refractivity contribution < 1.29 is 0 Å². The van der Waals surface area contributed by atoms with E-state index in [0.717, 1.165) is 12.8 Å². The highest BCUT2D eigenvalue weighted by atomic mass is 14.8. The third-order valence-electron chi connectivity index (χ3n) is 3.68. The lowest BCUT2D eigenvalue weighted by molar-refractivity contribution is 0.310. The minimum atomic E-state index is -0.184. The fourth-order valence-electron chi connectivity index (χ4n) is 2.26. The molecule has 1 aliphatic rings. The van der Waals surface area contributed by atoms with E-state index < -0.39 is 0 Å². The van der Waals surface area contributed by atoms with Crippen LogP contribution in [0.15, 0.2) is 24.3 Å². The molecule has 0 saturated heterocycles. The summed E-state index contributed by atoms with van der Waals surface area (Å²) < 4.78 is 0. The first-order chi connectivity index (χ1) is 7.48. The molecule has 1 aliphatic carbocycles. The Labute approximate surface area is 98.3 Å². The van der Waals surface area contributed by atoms with Crippen LogP contribution in [-0.2, 0) is 11.0 Å². The first-order valence-electron chi connectivity index (χ1n) is 5.98. The average Bonchev–Trinajstić information content (AvgIpc) is 2.16. The summed E-state index contributed by atoms with van der Waals surface area (Å²) in [6.45, 7) is 14.0. The summed E-state index contributed by atoms with van der Waals surface area (Å²) in [4.78, 5) is 3.84. The van der Waals surface area contributed by atoms with E-state index in [4.69, 9.17) is 6.57 Å². The maximum Gasteiger partial charge on any atom is 0.257 e. The fourth-order valence-corrected chi connectivity index (χ4v) is 2.26. The lowest BCUT2D eigenvalue weighted by Crippen LogP contribution is -2.30. The van der Waals surface area contributed by atoms with Crippen LogP contribution in [0.1, 0.15) is 51.2 Å². The summed E-state index contributed by atoms with van der Waals surface area (Å²) in [5.41, 5.74) is 2.57. The molecular weight excluding hydrogens is 194 g/mol. The van der Waals surface area contributed by atoms with Gasteiger partial charge in [0.05, 0.1) is 0 Å². The molecule has 1 saturated carbocycles. The second kappa shape index (κ2) is 3.63. The molecular formula is C15H19N. The van der Waals surface area contributed by atoms with E-state index in [1.54, 1.807) is 0 Å². The van der Waals surface area contributed by atoms with Gasteiger partial charge in [-0.25, -0.2) is 6.57 Å². The Morgan fingerprint density at radius 3 is 2.00 bits per heavy atom. The molecule has 1 heteroatoms. The van der Waals surface area contributed by atoms with Crippen LogP contribution >= 0.6 is 0 Å². The van der Waals surface area contributed by atoms with Crippen molar-refractivity contribution in [2.75, 3.05) is 0 Å². The standard InChI is InChI=1S/C15H19N/c1-14(2,3)12-6-8-13(9-7-12)15(16-4)10-5-11-15/h6-9H,5,10-11H2,1-3H3. The second-order valence-electron chi connectivity index (χ2n) is 5.82. The highest BCUT2D eigenvalue weighted by molar-refractivity contribution is 5.35. The molecule has 1 aromatic carbocycles. The van der Waals surface area contributed by atoms with Crippen molar-refractivity contribution in [1.29, 1.82) is 0 Å². The Hall–Kier alpha value is -1.29. The summed E-state index contributed by atoms with van der Waals surface area (Å²) in [7, 11) is 0. The largest absolute Gasteiger partial charge is 0.305 e. The zero-order valence-electron chi connectivity index (χ0n) is 10.4. The first kappa shape index (κ1) is 11.2. The Balaban J connectivity index is 2.30. The van der Waals surface area contributed by atoms with Gasteiger partial charge in [0.25, 0.3) is 5.54 Å². The highest BCUT2D eigenvalue weighted by Gasteiger charge is 2.45. The van der Waals surface area contributed by atoms with E-state index in [1.165, 1.54) is 17.5 Å². The summed E-state index contributed by atoms with van der Waals surface area (Å²) in [6.07, 6.45) is 3.26. The Morgan fingerprint density at radius 1 is 1.12 bits per heavy atom. The van der Waals surface area contributed by atoms with Crippen LogP contribution < -0.4 is 0 Å². The number of hydrogen-bond donors (Lipinski definition) is 0. The van der Waals surface area contributed by atoms with Crippen LogP contribution in [-0.4, -0.2) is 0 Å². The van der Waals surface area contributed by atoms with E-state index in [2.05, 4.69) is 49.9 Å². The number of benzene rings is 1. The molecule has 2 rings (SSSR count). The van der Waals surface area contributed by atoms with E-state index in [1.807, 2.05) is 0 Å². The van der Waals surface area contributed by atoms with Gasteiger partial charge < -0.3 is 4.85 Å². The van der Waals surface area contributed by atoms with Gasteiger partial charge in [-0.05, 0) is 17.4 Å². The lowest BCUT2D eigenvalue weighted by Gasteiger charge is -2.30. The Morgan fingerprint density at radius 2 is 1.69 bits per heavy atom. The molecule has 0 bridgehead atoms. The molecule has 0 heterocycles. The molecule has 0 unspecified atom stereocenters. The molecule has 0 spiro atoms. The van der Waals surface area contributed by atoms with Gasteiger partial charge in [-0.3, -0.25) is 0 Å². The molecule has 16 heavy (non-hydrogen) atoms. The van der Waals surface area contributed by atoms with Crippen molar-refractivity contribution in [2.45, 2.75) is 51.0 Å². The zero-order valence-corrected chi connectivity index (χ0v) is 10.4. The van der Waals surface area contributed by atoms with Gasteiger partial charge in [-0.1, -0.05) is 45.0 Å². The lowest BCUT2D eigenvalue weighted by atomic mass is 9.72. The summed E-state index contributed by atoms with van der Waals surface area (Å²) >= 11 is 0. The molecule has 0 aliphatic heterocycles. The normalized spacial score (nSPS) is 18.6. The van der Waals surface area contributed by atoms with Gasteiger partial charge in [0.1, 0.15) is 0 Å². The van der Waals surface area contributed by atoms with Gasteiger partial charge >= 0.3 is 0 Å². The minimum Gasteiger partial charge on any atom is -0.305 e. The van der Waals surface area contributed by atoms with E-state index in [0.29, 0.717) is 0 Å². The average molecular weight is 213 g/mol. The quantitative estimate of drug-likeness (QED) is 0.613. The molecule has 0 N–H and O–H groups in total. The molecule has 0 radical (unpaired) electrons. The zero-order chi connectivity index (χ0) is 11.8. The third kappa shape index (κ3) is 1.73. The van der Waals surface area contributed by atoms with Crippen molar-refractivity contribution in [1.82, 2.24) is 0 Å². The van der Waals surface area contributed by atoms with Crippen molar-refractivity contribution >= 4 is 0 Å². The maximum atomic E-state index is 7.35. The van der Waals surface area contributed by atoms with Gasteiger partial charge in [-0.2, -0.15) is 0 Å². The number of hydrogen-bond acceptors (Lipinski definition) is 0. The molecule has 84 valence electrons. The topological polar surface area (TPSA) is 4.36 Å². The molecule has 0 amide bonds. The smallest absolute Gasteiger partial charge is 0.257 e. The van der Waals surface area contributed by atoms with Gasteiger partial charge in [-0.15, -0.1) is 0 Å². The second-order valence-corrected chi connectivity index (χ2v) is 5.82. The van der Waals surface area contributed by atoms with Crippen molar-refractivity contribution in [2.24, 2.45) is 0 Å². The molecule has 0 atom stereocenters. The molecule has 1 fully saturated rings. The van der Waals surface area contributed by atoms with Crippen molar-refractivity contribution in [3.63, 3.8) is 0 Å². The minimum absolute atomic E-state index is 0.184. The third-order valence-corrected chi connectivity index (χ3v) is 3.68. The summed E-state index contributed by atoms with van der Waals surface area (Å²) in [6, 6.07) is 8.66. The summed E-state index contributed by atoms with van der Waals surface area (Å²) in [5.74, 6) is 0. The maximum absolute atomic E-state index is 7.35. The van der Waals surface area contributed by atoms with Crippen molar-refractivity contribution in [3.8, 4) is 0 Å². The van der Waals surface area contributed by atoms with E-state index >= 15 is 0 Å². The number of nitrogens with zero attached hydrogens (tertiary/aromatic N) is 1. The van der Waals surface area contributed by atoms with Crippen LogP contribution in [0.3, 0.4) is 0 Å². The summed E-state index contributed by atoms with van der Waals surface area (Å²) in [5, 5.41) is 0. The Bertz CT molecular complexity index is 410. The molecule has 1 aromatic rings. The van der Waals surface area contributed by atoms with E-state index in [9.17, 15) is 0 Å². The molecule has 1 nitrogen and oxygen atoms in total. The van der Waals surface area contributed by atoms with E-state index in [-0.39, 0.29) is 11.0 Å². The monoisotopic (exact) mass is 213 g/mol. The predicted octanol–water partition coefficient (Wildman–Crippen LogP) is 4.28. The van der Waals surface area contributed by atoms with Crippen LogP contribution in [0, 0.1) is 6.57 Å². The predicted molar refractivity (Wildman–Crippen MR) is 67.3 cm³/mol. The van der Waals surface area contributed by atoms with Crippen molar-refractivity contribution in [3.05, 3.63) is 46.8 Å². The van der Waals surface area contributed by atoms with Crippen LogP contribution in [0.25, 0.3) is 4.85 Å². The van der Waals surface area contributed by atoms with Gasteiger partial charge in [0, 0.05) is 18.4 Å². The molecule has 0 aromatic heterocycles. The fraction of sp³-hybridized carbons (Fsp3) is 0.533. The van der Waals surface area contributed by atoms with Gasteiger partial charge in [0.2, 0.25) is 0 Å². The first-order valence-corrected chi connectivity index (χ1v) is 5.98. The van der Waals surface area contributed by atoms with Crippen LogP contribution in [0.5, 0.6) is 0 Å².